The molecule has 1 aromatic rings. The van der Waals surface area contributed by atoms with E-state index in [4.69, 9.17) is 4.74 Å². The fraction of sp³-hybridized carbons (Fsp3) is 0.600. The van der Waals surface area contributed by atoms with Crippen LogP contribution in [0.3, 0.4) is 0 Å². The summed E-state index contributed by atoms with van der Waals surface area (Å²) in [5.74, 6) is 0. The average Bonchev–Trinajstić information content (AvgIpc) is 2.57. The molecule has 0 aliphatic carbocycles. The molecule has 0 saturated carbocycles. The molecule has 1 aromatic carbocycles. The largest absolute Gasteiger partial charge is 0.416 e. The number of hydrogen-bond donors (Lipinski definition) is 0. The van der Waals surface area contributed by atoms with Crippen LogP contribution in [-0.4, -0.2) is 44.8 Å². The molecule has 3 unspecified atom stereocenters. The van der Waals surface area contributed by atoms with E-state index in [1.807, 2.05) is 11.8 Å². The summed E-state index contributed by atoms with van der Waals surface area (Å²) in [5.41, 5.74) is 1.35. The van der Waals surface area contributed by atoms with Crippen LogP contribution in [0.1, 0.15) is 32.3 Å². The molecule has 1 saturated heterocycles. The van der Waals surface area contributed by atoms with Crippen molar-refractivity contribution in [2.24, 2.45) is 0 Å². The number of morpholine rings is 1. The molecule has 0 aromatic heterocycles. The number of hydrogen-bond acceptors (Lipinski definition) is 2. The molecule has 0 spiro atoms. The van der Waals surface area contributed by atoms with Crippen LogP contribution in [0.2, 0.25) is 12.6 Å². The van der Waals surface area contributed by atoms with Gasteiger partial charge in [-0.1, -0.05) is 54.2 Å². The molecular formula is C20H30F3NOSi. The van der Waals surface area contributed by atoms with Crippen LogP contribution in [-0.2, 0) is 10.9 Å². The van der Waals surface area contributed by atoms with Gasteiger partial charge in [0.25, 0.3) is 0 Å². The van der Waals surface area contributed by atoms with E-state index in [0.717, 1.165) is 49.8 Å². The van der Waals surface area contributed by atoms with Crippen molar-refractivity contribution in [3.63, 3.8) is 0 Å². The lowest BCUT2D eigenvalue weighted by Crippen LogP contribution is -2.46. The Morgan fingerprint density at radius 3 is 2.46 bits per heavy atom. The van der Waals surface area contributed by atoms with E-state index in [1.54, 1.807) is 0 Å². The van der Waals surface area contributed by atoms with E-state index in [2.05, 4.69) is 31.9 Å². The van der Waals surface area contributed by atoms with Gasteiger partial charge in [-0.05, 0) is 26.8 Å². The second-order valence-electron chi connectivity index (χ2n) is 7.67. The second kappa shape index (κ2) is 8.72. The van der Waals surface area contributed by atoms with E-state index in [-0.39, 0.29) is 12.2 Å². The summed E-state index contributed by atoms with van der Waals surface area (Å²) in [7, 11) is -2.10. The molecule has 0 N–H and O–H groups in total. The lowest BCUT2D eigenvalue weighted by atomic mass is 10.2. The second-order valence-corrected chi connectivity index (χ2v) is 12.0. The molecule has 1 aliphatic heterocycles. The van der Waals surface area contributed by atoms with E-state index in [0.29, 0.717) is 0 Å². The Balaban J connectivity index is 1.93. The summed E-state index contributed by atoms with van der Waals surface area (Å²) < 4.78 is 44.8. The van der Waals surface area contributed by atoms with Gasteiger partial charge in [0.15, 0.2) is 0 Å². The molecule has 6 heteroatoms. The van der Waals surface area contributed by atoms with Crippen molar-refractivity contribution in [2.75, 3.05) is 19.6 Å². The Morgan fingerprint density at radius 2 is 1.88 bits per heavy atom. The first-order chi connectivity index (χ1) is 12.1. The maximum atomic E-state index is 13.0. The number of nitrogens with zero attached hydrogens (tertiary/aromatic N) is 1. The molecule has 0 amide bonds. The van der Waals surface area contributed by atoms with Gasteiger partial charge in [0.2, 0.25) is 0 Å². The Hall–Kier alpha value is -1.11. The predicted octanol–water partition coefficient (Wildman–Crippen LogP) is 4.61. The number of ether oxygens (including phenoxy) is 1. The summed E-state index contributed by atoms with van der Waals surface area (Å²) in [6.45, 7) is 13.2. The molecule has 26 heavy (non-hydrogen) atoms. The topological polar surface area (TPSA) is 12.5 Å². The molecule has 3 atom stereocenters. The average molecular weight is 386 g/mol. The summed E-state index contributed by atoms with van der Waals surface area (Å²) in [6, 6.07) is 6.73. The number of benzene rings is 1. The first-order valence-corrected chi connectivity index (χ1v) is 12.1. The molecule has 0 radical (unpaired) electrons. The maximum absolute atomic E-state index is 13.0. The van der Waals surface area contributed by atoms with Crippen LogP contribution >= 0.6 is 0 Å². The minimum atomic E-state index is -4.30. The first kappa shape index (κ1) is 21.2. The molecule has 2 nitrogen and oxygen atoms in total. The molecule has 1 fully saturated rings. The van der Waals surface area contributed by atoms with Crippen LogP contribution in [0, 0.1) is 0 Å². The van der Waals surface area contributed by atoms with Crippen LogP contribution in [0.25, 0.3) is 0 Å². The van der Waals surface area contributed by atoms with Gasteiger partial charge in [0.1, 0.15) is 8.07 Å². The minimum Gasteiger partial charge on any atom is -0.373 e. The van der Waals surface area contributed by atoms with E-state index < -0.39 is 19.8 Å². The fourth-order valence-corrected chi connectivity index (χ4v) is 6.38. The first-order valence-electron chi connectivity index (χ1n) is 9.33. The Morgan fingerprint density at radius 1 is 1.23 bits per heavy atom. The smallest absolute Gasteiger partial charge is 0.373 e. The highest BCUT2D eigenvalue weighted by Gasteiger charge is 2.33. The number of unbranched alkanes of at least 4 members (excludes halogenated alkanes) is 1. The van der Waals surface area contributed by atoms with Gasteiger partial charge >= 0.3 is 6.18 Å². The van der Waals surface area contributed by atoms with Crippen molar-refractivity contribution in [3.05, 3.63) is 42.1 Å². The zero-order valence-corrected chi connectivity index (χ0v) is 17.0. The number of halogens is 3. The van der Waals surface area contributed by atoms with Crippen molar-refractivity contribution in [1.29, 1.82) is 0 Å². The van der Waals surface area contributed by atoms with Gasteiger partial charge < -0.3 is 4.74 Å². The van der Waals surface area contributed by atoms with Crippen LogP contribution in [0.5, 0.6) is 0 Å². The number of rotatable bonds is 7. The van der Waals surface area contributed by atoms with Gasteiger partial charge in [0, 0.05) is 13.1 Å². The number of alkyl halides is 3. The van der Waals surface area contributed by atoms with Crippen molar-refractivity contribution < 1.29 is 17.9 Å². The molecule has 0 bridgehead atoms. The zero-order valence-electron chi connectivity index (χ0n) is 16.0. The summed E-state index contributed by atoms with van der Waals surface area (Å²) in [6.07, 6.45) is -1.72. The van der Waals surface area contributed by atoms with E-state index in [1.165, 1.54) is 12.1 Å². The van der Waals surface area contributed by atoms with E-state index >= 15 is 0 Å². The lowest BCUT2D eigenvalue weighted by molar-refractivity contribution is -0.137. The third-order valence-electron chi connectivity index (χ3n) is 5.22. The van der Waals surface area contributed by atoms with Gasteiger partial charge in [-0.25, -0.2) is 0 Å². The SMILES string of the molecule is C=C[Si](C)(CCCCN1CC(C)OC(C)C1)c1cccc(C(F)(F)F)c1. The molecule has 1 aliphatic rings. The standard InChI is InChI=1S/C20H30F3NOSi/c1-5-26(4,19-10-8-9-18(13-19)20(21,22)23)12-7-6-11-24-14-16(2)25-17(3)15-24/h5,8-10,13,16-17H,1,6-7,11-12,14-15H2,2-4H3. The van der Waals surface area contributed by atoms with Crippen molar-refractivity contribution in [2.45, 2.75) is 57.7 Å². The maximum Gasteiger partial charge on any atom is 0.416 e. The van der Waals surface area contributed by atoms with Crippen LogP contribution in [0.4, 0.5) is 13.2 Å². The van der Waals surface area contributed by atoms with Gasteiger partial charge in [0.05, 0.1) is 17.8 Å². The quantitative estimate of drug-likeness (QED) is 0.502. The Labute approximate surface area is 156 Å². The summed E-state index contributed by atoms with van der Waals surface area (Å²) >= 11 is 0. The highest BCUT2D eigenvalue weighted by molar-refractivity contribution is 6.94. The van der Waals surface area contributed by atoms with Gasteiger partial charge in [-0.3, -0.25) is 4.90 Å². The minimum absolute atomic E-state index is 0.261. The summed E-state index contributed by atoms with van der Waals surface area (Å²) in [5, 5.41) is 0.816. The van der Waals surface area contributed by atoms with Gasteiger partial charge in [-0.2, -0.15) is 13.2 Å². The van der Waals surface area contributed by atoms with Crippen molar-refractivity contribution >= 4 is 13.3 Å². The molecular weight excluding hydrogens is 355 g/mol. The zero-order chi connectivity index (χ0) is 19.4. The highest BCUT2D eigenvalue weighted by atomic mass is 28.3. The lowest BCUT2D eigenvalue weighted by Gasteiger charge is -2.35. The van der Waals surface area contributed by atoms with E-state index in [9.17, 15) is 13.2 Å². The van der Waals surface area contributed by atoms with Crippen LogP contribution in [0.15, 0.2) is 36.5 Å². The predicted molar refractivity (Wildman–Crippen MR) is 103 cm³/mol. The monoisotopic (exact) mass is 385 g/mol. The molecule has 1 heterocycles. The molecule has 146 valence electrons. The Kier molecular flexibility index (Phi) is 7.10. The third-order valence-corrected chi connectivity index (χ3v) is 9.14. The normalized spacial score (nSPS) is 24.2. The van der Waals surface area contributed by atoms with Gasteiger partial charge in [-0.15, -0.1) is 6.58 Å². The van der Waals surface area contributed by atoms with Crippen molar-refractivity contribution in [1.82, 2.24) is 4.90 Å². The highest BCUT2D eigenvalue weighted by Crippen LogP contribution is 2.29. The van der Waals surface area contributed by atoms with Crippen LogP contribution < -0.4 is 5.19 Å². The molecule has 2 rings (SSSR count). The summed E-state index contributed by atoms with van der Waals surface area (Å²) in [4.78, 5) is 2.43. The van der Waals surface area contributed by atoms with Crippen molar-refractivity contribution in [3.8, 4) is 0 Å². The Bertz CT molecular complexity index is 597. The fourth-order valence-electron chi connectivity index (χ4n) is 3.71. The third kappa shape index (κ3) is 5.69.